The molecule has 1 aliphatic rings. The molecular formula is C21H39N7O6. The van der Waals surface area contributed by atoms with Gasteiger partial charge in [-0.25, -0.2) is 4.79 Å². The van der Waals surface area contributed by atoms with Crippen LogP contribution in [0.2, 0.25) is 0 Å². The van der Waals surface area contributed by atoms with Gasteiger partial charge in [0.2, 0.25) is 23.6 Å². The van der Waals surface area contributed by atoms with Crippen molar-refractivity contribution in [3.63, 3.8) is 0 Å². The lowest BCUT2D eigenvalue weighted by atomic mass is 10.0. The van der Waals surface area contributed by atoms with Crippen molar-refractivity contribution in [1.29, 1.82) is 0 Å². The molecule has 1 saturated heterocycles. The summed E-state index contributed by atoms with van der Waals surface area (Å²) in [7, 11) is 0. The fourth-order valence-electron chi connectivity index (χ4n) is 3.65. The summed E-state index contributed by atoms with van der Waals surface area (Å²) in [6.07, 6.45) is 3.82. The van der Waals surface area contributed by atoms with Crippen LogP contribution in [0.1, 0.15) is 57.8 Å². The summed E-state index contributed by atoms with van der Waals surface area (Å²) < 4.78 is 0. The van der Waals surface area contributed by atoms with Crippen molar-refractivity contribution in [2.45, 2.75) is 82.0 Å². The Bertz CT molecular complexity index is 699. The monoisotopic (exact) mass is 485 g/mol. The van der Waals surface area contributed by atoms with Crippen molar-refractivity contribution in [2.24, 2.45) is 17.2 Å². The lowest BCUT2D eigenvalue weighted by Gasteiger charge is -2.25. The first-order chi connectivity index (χ1) is 16.2. The summed E-state index contributed by atoms with van der Waals surface area (Å²) in [6.45, 7) is 1.54. The molecule has 1 fully saturated rings. The molecule has 0 aliphatic carbocycles. The highest BCUT2D eigenvalue weighted by atomic mass is 16.4. The molecule has 0 spiro atoms. The topological polar surface area (TPSA) is 232 Å². The minimum Gasteiger partial charge on any atom is -0.480 e. The van der Waals surface area contributed by atoms with Crippen molar-refractivity contribution >= 4 is 29.6 Å². The van der Waals surface area contributed by atoms with Gasteiger partial charge < -0.3 is 43.6 Å². The molecule has 4 amide bonds. The van der Waals surface area contributed by atoms with E-state index in [2.05, 4.69) is 21.3 Å². The zero-order valence-electron chi connectivity index (χ0n) is 19.5. The maximum Gasteiger partial charge on any atom is 0.326 e. The molecule has 0 aromatic heterocycles. The number of carboxylic acids is 1. The molecule has 0 bridgehead atoms. The number of carbonyl (C=O) groups is 5. The summed E-state index contributed by atoms with van der Waals surface area (Å²) >= 11 is 0. The fourth-order valence-corrected chi connectivity index (χ4v) is 3.65. The van der Waals surface area contributed by atoms with Gasteiger partial charge in [0.15, 0.2) is 0 Å². The number of unbranched alkanes of at least 4 members (excludes halogenated alkanes) is 2. The molecule has 0 saturated carbocycles. The summed E-state index contributed by atoms with van der Waals surface area (Å²) in [4.78, 5) is 61.0. The lowest BCUT2D eigenvalue weighted by Crippen LogP contribution is -2.57. The number of nitrogens with two attached hydrogens (primary N) is 3. The van der Waals surface area contributed by atoms with Crippen LogP contribution in [0.3, 0.4) is 0 Å². The van der Waals surface area contributed by atoms with Crippen LogP contribution in [0.15, 0.2) is 0 Å². The van der Waals surface area contributed by atoms with Crippen LogP contribution in [-0.4, -0.2) is 78.5 Å². The van der Waals surface area contributed by atoms with E-state index < -0.39 is 48.2 Å². The summed E-state index contributed by atoms with van der Waals surface area (Å²) in [5.41, 5.74) is 16.1. The maximum atomic E-state index is 13.1. The van der Waals surface area contributed by atoms with Crippen molar-refractivity contribution in [3.8, 4) is 0 Å². The fraction of sp³-hybridized carbons (Fsp3) is 0.762. The maximum absolute atomic E-state index is 13.1. The van der Waals surface area contributed by atoms with E-state index in [-0.39, 0.29) is 18.4 Å². The minimum absolute atomic E-state index is 0.200. The summed E-state index contributed by atoms with van der Waals surface area (Å²) in [5.74, 6) is -3.92. The number of carboxylic acid groups (broad SMARTS) is 1. The van der Waals surface area contributed by atoms with E-state index in [0.29, 0.717) is 51.6 Å². The van der Waals surface area contributed by atoms with Gasteiger partial charge in [0.25, 0.3) is 0 Å². The average Bonchev–Trinajstić information content (AvgIpc) is 3.32. The van der Waals surface area contributed by atoms with E-state index >= 15 is 0 Å². The number of amides is 4. The number of hydrogen-bond donors (Lipinski definition) is 8. The van der Waals surface area contributed by atoms with Gasteiger partial charge in [-0.15, -0.1) is 0 Å². The number of nitrogens with one attached hydrogen (secondary N) is 4. The van der Waals surface area contributed by atoms with Gasteiger partial charge in [-0.05, 0) is 71.0 Å². The van der Waals surface area contributed by atoms with Crippen molar-refractivity contribution < 1.29 is 29.1 Å². The van der Waals surface area contributed by atoms with Crippen molar-refractivity contribution in [3.05, 3.63) is 0 Å². The smallest absolute Gasteiger partial charge is 0.326 e. The second-order valence-electron chi connectivity index (χ2n) is 8.41. The van der Waals surface area contributed by atoms with Crippen LogP contribution in [0.4, 0.5) is 0 Å². The Labute approximate surface area is 199 Å². The van der Waals surface area contributed by atoms with Crippen LogP contribution in [0, 0.1) is 0 Å². The Balaban J connectivity index is 2.91. The molecule has 1 aliphatic heterocycles. The van der Waals surface area contributed by atoms with E-state index in [9.17, 15) is 29.1 Å². The number of carbonyl (C=O) groups excluding carboxylic acids is 4. The zero-order chi connectivity index (χ0) is 25.5. The SMILES string of the molecule is NCCCCC(NC(=O)C(CCCCN)NC(=O)C1CCCN1)C(=O)NC(CC(N)=O)C(=O)O. The Kier molecular flexibility index (Phi) is 13.7. The first-order valence-corrected chi connectivity index (χ1v) is 11.7. The summed E-state index contributed by atoms with van der Waals surface area (Å²) in [6, 6.07) is -3.86. The Morgan fingerprint density at radius 2 is 1.38 bits per heavy atom. The highest BCUT2D eigenvalue weighted by Crippen LogP contribution is 2.09. The summed E-state index contributed by atoms with van der Waals surface area (Å²) in [5, 5.41) is 20.0. The largest absolute Gasteiger partial charge is 0.480 e. The molecular weight excluding hydrogens is 446 g/mol. The van der Waals surface area contributed by atoms with E-state index in [0.717, 1.165) is 13.0 Å². The van der Waals surface area contributed by atoms with Crippen LogP contribution in [0.25, 0.3) is 0 Å². The predicted molar refractivity (Wildman–Crippen MR) is 124 cm³/mol. The normalized spacial score (nSPS) is 17.9. The van der Waals surface area contributed by atoms with E-state index in [1.807, 2.05) is 0 Å². The first-order valence-electron chi connectivity index (χ1n) is 11.7. The second kappa shape index (κ2) is 16.0. The molecule has 1 heterocycles. The number of hydrogen-bond acceptors (Lipinski definition) is 8. The highest BCUT2D eigenvalue weighted by molar-refractivity contribution is 5.94. The molecule has 194 valence electrons. The number of primary amides is 1. The molecule has 34 heavy (non-hydrogen) atoms. The lowest BCUT2D eigenvalue weighted by molar-refractivity contribution is -0.143. The van der Waals surface area contributed by atoms with Crippen LogP contribution >= 0.6 is 0 Å². The highest BCUT2D eigenvalue weighted by Gasteiger charge is 2.31. The number of rotatable bonds is 17. The average molecular weight is 486 g/mol. The Morgan fingerprint density at radius 1 is 0.853 bits per heavy atom. The molecule has 4 atom stereocenters. The molecule has 0 aromatic rings. The minimum atomic E-state index is -1.52. The van der Waals surface area contributed by atoms with Crippen LogP contribution in [0.5, 0.6) is 0 Å². The predicted octanol–water partition coefficient (Wildman–Crippen LogP) is -2.59. The van der Waals surface area contributed by atoms with Gasteiger partial charge in [-0.2, -0.15) is 0 Å². The van der Waals surface area contributed by atoms with Crippen LogP contribution < -0.4 is 38.5 Å². The Morgan fingerprint density at radius 3 is 1.82 bits per heavy atom. The third kappa shape index (κ3) is 10.9. The van der Waals surface area contributed by atoms with Gasteiger partial charge in [0.05, 0.1) is 12.5 Å². The molecule has 11 N–H and O–H groups in total. The van der Waals surface area contributed by atoms with Crippen LogP contribution in [-0.2, 0) is 24.0 Å². The molecule has 0 aromatic carbocycles. The van der Waals surface area contributed by atoms with E-state index in [4.69, 9.17) is 17.2 Å². The third-order valence-electron chi connectivity index (χ3n) is 5.56. The first kappa shape index (κ1) is 29.3. The standard InChI is InChI=1S/C21H39N7O6/c22-9-3-1-6-14(26-18(30)13-8-5-11-25-13)19(31)27-15(7-2-4-10-23)20(32)28-16(21(33)34)12-17(24)29/h13-16,25H,1-12,22-23H2,(H2,24,29)(H,26,30)(H,27,31)(H,28,32)(H,33,34). The van der Waals surface area contributed by atoms with Crippen molar-refractivity contribution in [1.82, 2.24) is 21.3 Å². The van der Waals surface area contributed by atoms with Gasteiger partial charge in [0.1, 0.15) is 18.1 Å². The van der Waals surface area contributed by atoms with Gasteiger partial charge in [-0.3, -0.25) is 19.2 Å². The molecule has 1 rings (SSSR count). The second-order valence-corrected chi connectivity index (χ2v) is 8.41. The van der Waals surface area contributed by atoms with Gasteiger partial charge in [-0.1, -0.05) is 0 Å². The Hall–Kier alpha value is -2.77. The quantitative estimate of drug-likeness (QED) is 0.101. The van der Waals surface area contributed by atoms with E-state index in [1.54, 1.807) is 0 Å². The zero-order valence-corrected chi connectivity index (χ0v) is 19.5. The van der Waals surface area contributed by atoms with E-state index in [1.165, 1.54) is 0 Å². The molecule has 13 nitrogen and oxygen atoms in total. The number of aliphatic carboxylic acids is 1. The molecule has 4 unspecified atom stereocenters. The van der Waals surface area contributed by atoms with Gasteiger partial charge >= 0.3 is 5.97 Å². The third-order valence-corrected chi connectivity index (χ3v) is 5.56. The van der Waals surface area contributed by atoms with Crippen molar-refractivity contribution in [2.75, 3.05) is 19.6 Å². The van der Waals surface area contributed by atoms with Gasteiger partial charge in [0, 0.05) is 0 Å². The molecule has 0 radical (unpaired) electrons. The molecule has 13 heteroatoms.